The van der Waals surface area contributed by atoms with Gasteiger partial charge in [0.05, 0.1) is 31.7 Å². The average Bonchev–Trinajstić information content (AvgIpc) is 3.37. The third-order valence-electron chi connectivity index (χ3n) is 6.21. The summed E-state index contributed by atoms with van der Waals surface area (Å²) in [5.74, 6) is -1.85. The molecule has 5 rings (SSSR count). The molecule has 0 saturated carbocycles. The Hall–Kier alpha value is -4.56. The van der Waals surface area contributed by atoms with Gasteiger partial charge in [-0.3, -0.25) is 39.4 Å². The number of non-ortho nitro benzene ring substituents is 2. The summed E-state index contributed by atoms with van der Waals surface area (Å²) in [6.45, 7) is 0. The zero-order valence-electron chi connectivity index (χ0n) is 20.4. The lowest BCUT2D eigenvalue weighted by Crippen LogP contribution is -2.33. The Labute approximate surface area is 234 Å². The van der Waals surface area contributed by atoms with E-state index in [1.165, 1.54) is 66.7 Å². The van der Waals surface area contributed by atoms with Crippen LogP contribution in [0.3, 0.4) is 0 Å². The van der Waals surface area contributed by atoms with E-state index >= 15 is 0 Å². The van der Waals surface area contributed by atoms with Gasteiger partial charge in [0.1, 0.15) is 0 Å². The third-order valence-corrected chi connectivity index (χ3v) is 8.60. The standard InChI is InChI=1S/C26H18N4O8S2/c31-23-13-21(39-19-8-4-15(5-9-19)29(35)36)25(33)27(23)17-2-1-3-18(12-17)28-24(32)14-22(26(28)34)40-20-10-6-16(7-11-20)30(37)38/h1-12,21-22H,13-14H2/t21-,22+. The molecule has 3 aromatic carbocycles. The first-order chi connectivity index (χ1) is 19.1. The van der Waals surface area contributed by atoms with Crippen molar-refractivity contribution in [2.45, 2.75) is 33.1 Å². The summed E-state index contributed by atoms with van der Waals surface area (Å²) in [7, 11) is 0. The van der Waals surface area contributed by atoms with E-state index in [0.29, 0.717) is 9.79 Å². The molecule has 4 amide bonds. The van der Waals surface area contributed by atoms with Crippen molar-refractivity contribution in [3.63, 3.8) is 0 Å². The van der Waals surface area contributed by atoms with Gasteiger partial charge in [-0.25, -0.2) is 9.80 Å². The fourth-order valence-electron chi connectivity index (χ4n) is 4.33. The van der Waals surface area contributed by atoms with Gasteiger partial charge in [0.2, 0.25) is 23.6 Å². The number of amides is 4. The number of hydrogen-bond acceptors (Lipinski definition) is 10. The van der Waals surface area contributed by atoms with Gasteiger partial charge in [-0.2, -0.15) is 0 Å². The summed E-state index contributed by atoms with van der Waals surface area (Å²) in [4.78, 5) is 75.9. The lowest BCUT2D eigenvalue weighted by Gasteiger charge is -2.19. The number of carbonyl (C=O) groups excluding carboxylic acids is 4. The number of hydrogen-bond donors (Lipinski definition) is 0. The summed E-state index contributed by atoms with van der Waals surface area (Å²) in [5.41, 5.74) is 0.254. The predicted molar refractivity (Wildman–Crippen MR) is 146 cm³/mol. The topological polar surface area (TPSA) is 161 Å². The number of nitrogens with zero attached hydrogens (tertiary/aromatic N) is 4. The highest BCUT2D eigenvalue weighted by molar-refractivity contribution is 8.01. The number of carbonyl (C=O) groups is 4. The molecule has 0 radical (unpaired) electrons. The minimum Gasteiger partial charge on any atom is -0.274 e. The third kappa shape index (κ3) is 5.31. The van der Waals surface area contributed by atoms with Crippen molar-refractivity contribution in [1.29, 1.82) is 0 Å². The molecule has 2 heterocycles. The van der Waals surface area contributed by atoms with Crippen LogP contribution in [0.2, 0.25) is 0 Å². The van der Waals surface area contributed by atoms with E-state index in [2.05, 4.69) is 0 Å². The van der Waals surface area contributed by atoms with Crippen LogP contribution < -0.4 is 9.80 Å². The van der Waals surface area contributed by atoms with Crippen molar-refractivity contribution in [1.82, 2.24) is 0 Å². The zero-order chi connectivity index (χ0) is 28.6. The van der Waals surface area contributed by atoms with E-state index in [1.54, 1.807) is 6.07 Å². The van der Waals surface area contributed by atoms with Crippen molar-refractivity contribution < 1.29 is 29.0 Å². The minimum absolute atomic E-state index is 0.0831. The first-order valence-electron chi connectivity index (χ1n) is 11.8. The SMILES string of the molecule is O=C1C[C@H](Sc2ccc([N+](=O)[O-])cc2)C(=O)N1c1cccc(N2C(=O)C[C@@H](Sc3ccc([N+](=O)[O-])cc3)C2=O)c1. The molecule has 14 heteroatoms. The molecule has 12 nitrogen and oxygen atoms in total. The second-order valence-electron chi connectivity index (χ2n) is 8.78. The lowest BCUT2D eigenvalue weighted by atomic mass is 10.2. The van der Waals surface area contributed by atoms with Crippen molar-refractivity contribution >= 4 is 69.9 Å². The molecule has 0 spiro atoms. The lowest BCUT2D eigenvalue weighted by molar-refractivity contribution is -0.385. The highest BCUT2D eigenvalue weighted by Crippen LogP contribution is 2.38. The van der Waals surface area contributed by atoms with Crippen LogP contribution in [0.25, 0.3) is 0 Å². The van der Waals surface area contributed by atoms with Gasteiger partial charge in [0.25, 0.3) is 11.4 Å². The first kappa shape index (κ1) is 27.0. The molecule has 2 fully saturated rings. The summed E-state index contributed by atoms with van der Waals surface area (Å²) >= 11 is 2.24. The van der Waals surface area contributed by atoms with Gasteiger partial charge in [0, 0.05) is 46.9 Å². The molecule has 0 unspecified atom stereocenters. The van der Waals surface area contributed by atoms with E-state index < -0.39 is 44.0 Å². The Balaban J connectivity index is 1.30. The van der Waals surface area contributed by atoms with Crippen LogP contribution in [0.5, 0.6) is 0 Å². The van der Waals surface area contributed by atoms with Crippen LogP contribution >= 0.6 is 23.5 Å². The van der Waals surface area contributed by atoms with Crippen LogP contribution in [0.1, 0.15) is 12.8 Å². The molecular formula is C26H18N4O8S2. The molecule has 2 aliphatic heterocycles. The Morgan fingerprint density at radius 2 is 1.00 bits per heavy atom. The summed E-state index contributed by atoms with van der Waals surface area (Å²) in [5, 5.41) is 20.3. The highest BCUT2D eigenvalue weighted by atomic mass is 32.2. The van der Waals surface area contributed by atoms with Crippen LogP contribution in [-0.4, -0.2) is 44.0 Å². The van der Waals surface area contributed by atoms with Crippen molar-refractivity contribution in [3.05, 3.63) is 93.0 Å². The van der Waals surface area contributed by atoms with Crippen molar-refractivity contribution in [2.24, 2.45) is 0 Å². The maximum absolute atomic E-state index is 13.2. The second kappa shape index (κ2) is 10.9. The molecule has 202 valence electrons. The molecule has 2 aliphatic rings. The number of imide groups is 2. The van der Waals surface area contributed by atoms with Crippen LogP contribution in [0, 0.1) is 20.2 Å². The van der Waals surface area contributed by atoms with E-state index in [4.69, 9.17) is 0 Å². The molecule has 3 aromatic rings. The van der Waals surface area contributed by atoms with Gasteiger partial charge in [-0.15, -0.1) is 23.5 Å². The second-order valence-corrected chi connectivity index (χ2v) is 11.3. The number of nitro benzene ring substituents is 2. The van der Waals surface area contributed by atoms with E-state index in [9.17, 15) is 39.4 Å². The molecule has 40 heavy (non-hydrogen) atoms. The molecule has 0 bridgehead atoms. The summed E-state index contributed by atoms with van der Waals surface area (Å²) in [6.07, 6.45) is -0.166. The number of nitro groups is 2. The normalized spacial score (nSPS) is 19.0. The monoisotopic (exact) mass is 578 g/mol. The van der Waals surface area contributed by atoms with Gasteiger partial charge in [-0.1, -0.05) is 6.07 Å². The maximum Gasteiger partial charge on any atom is 0.269 e. The van der Waals surface area contributed by atoms with E-state index in [0.717, 1.165) is 33.3 Å². The highest BCUT2D eigenvalue weighted by Gasteiger charge is 2.42. The predicted octanol–water partition coefficient (Wildman–Crippen LogP) is 4.35. The number of rotatable bonds is 8. The molecule has 0 aliphatic carbocycles. The molecular weight excluding hydrogens is 560 g/mol. The minimum atomic E-state index is -0.741. The van der Waals surface area contributed by atoms with Crippen LogP contribution in [0.15, 0.2) is 82.6 Å². The van der Waals surface area contributed by atoms with Crippen LogP contribution in [0.4, 0.5) is 22.7 Å². The van der Waals surface area contributed by atoms with E-state index in [-0.39, 0.29) is 35.6 Å². The molecule has 0 N–H and O–H groups in total. The summed E-state index contributed by atoms with van der Waals surface area (Å²) < 4.78 is 0. The fourth-order valence-corrected chi connectivity index (χ4v) is 6.44. The van der Waals surface area contributed by atoms with Gasteiger partial charge in [-0.05, 0) is 42.5 Å². The Kier molecular flexibility index (Phi) is 7.36. The van der Waals surface area contributed by atoms with E-state index in [1.807, 2.05) is 0 Å². The Morgan fingerprint density at radius 1 is 0.625 bits per heavy atom. The zero-order valence-corrected chi connectivity index (χ0v) is 22.0. The van der Waals surface area contributed by atoms with Gasteiger partial charge in [0.15, 0.2) is 0 Å². The largest absolute Gasteiger partial charge is 0.274 e. The summed E-state index contributed by atoms with van der Waals surface area (Å²) in [6, 6.07) is 17.4. The first-order valence-corrected chi connectivity index (χ1v) is 13.5. The van der Waals surface area contributed by atoms with Crippen LogP contribution in [-0.2, 0) is 19.2 Å². The van der Waals surface area contributed by atoms with Gasteiger partial charge >= 0.3 is 0 Å². The number of thioether (sulfide) groups is 2. The Bertz CT molecular complexity index is 1450. The number of benzene rings is 3. The molecule has 2 atom stereocenters. The average molecular weight is 579 g/mol. The van der Waals surface area contributed by atoms with Crippen molar-refractivity contribution in [3.8, 4) is 0 Å². The Morgan fingerprint density at radius 3 is 1.35 bits per heavy atom. The molecule has 2 saturated heterocycles. The van der Waals surface area contributed by atoms with Gasteiger partial charge < -0.3 is 0 Å². The fraction of sp³-hybridized carbons (Fsp3) is 0.154. The number of anilines is 2. The quantitative estimate of drug-likeness (QED) is 0.213. The molecule has 0 aromatic heterocycles. The van der Waals surface area contributed by atoms with Crippen molar-refractivity contribution in [2.75, 3.05) is 9.80 Å². The smallest absolute Gasteiger partial charge is 0.269 e. The maximum atomic E-state index is 13.2.